The maximum absolute atomic E-state index is 12.9. The van der Waals surface area contributed by atoms with Crippen molar-refractivity contribution in [1.29, 1.82) is 0 Å². The van der Waals surface area contributed by atoms with Gasteiger partial charge in [0.2, 0.25) is 5.79 Å². The molecule has 4 bridgehead atoms. The monoisotopic (exact) mass is 651 g/mol. The second-order valence-corrected chi connectivity index (χ2v) is 16.2. The molecule has 7 rings (SSSR count). The van der Waals surface area contributed by atoms with Crippen molar-refractivity contribution in [2.45, 2.75) is 145 Å². The molecular weight excluding hydrogens is 598 g/mol. The number of ether oxygens (including phenoxy) is 2. The summed E-state index contributed by atoms with van der Waals surface area (Å²) in [6.45, 7) is 11.1. The first-order chi connectivity index (χ1) is 21.2. The lowest BCUT2D eigenvalue weighted by Crippen LogP contribution is -2.85. The van der Waals surface area contributed by atoms with Crippen molar-refractivity contribution in [3.05, 3.63) is 11.6 Å². The Kier molecular flexibility index (Phi) is 7.76. The number of rotatable bonds is 2. The Labute approximate surface area is 270 Å². The number of aliphatic hydroxyl groups is 6. The summed E-state index contributed by atoms with van der Waals surface area (Å²) in [5.41, 5.74) is -8.96. The number of carboxylic acids is 1. The van der Waals surface area contributed by atoms with E-state index in [9.17, 15) is 35.4 Å². The summed E-state index contributed by atoms with van der Waals surface area (Å²) < 4.78 is 12.6. The summed E-state index contributed by atoms with van der Waals surface area (Å²) in [6.07, 6.45) is 2.30. The third-order valence-electron chi connectivity index (χ3n) is 14.1. The van der Waals surface area contributed by atoms with Crippen molar-refractivity contribution in [3.8, 4) is 0 Å². The van der Waals surface area contributed by atoms with Crippen molar-refractivity contribution in [2.75, 3.05) is 13.1 Å². The molecule has 260 valence electrons. The molecule has 0 radical (unpaired) electrons. The number of esters is 1. The van der Waals surface area contributed by atoms with Gasteiger partial charge in [-0.05, 0) is 65.2 Å². The van der Waals surface area contributed by atoms with Gasteiger partial charge in [0, 0.05) is 67.6 Å². The van der Waals surface area contributed by atoms with Gasteiger partial charge in [0.15, 0.2) is 6.10 Å². The van der Waals surface area contributed by atoms with Gasteiger partial charge in [-0.1, -0.05) is 19.9 Å². The minimum atomic E-state index is -2.06. The zero-order valence-electron chi connectivity index (χ0n) is 27.9. The number of aliphatic carboxylic acids is 1. The molecule has 3 saturated heterocycles. The molecule has 7 N–H and O–H groups in total. The van der Waals surface area contributed by atoms with Crippen molar-refractivity contribution < 1.29 is 54.8 Å². The van der Waals surface area contributed by atoms with E-state index >= 15 is 0 Å². The van der Waals surface area contributed by atoms with Crippen LogP contribution in [0.5, 0.6) is 0 Å². The second-order valence-electron chi connectivity index (χ2n) is 16.2. The van der Waals surface area contributed by atoms with Gasteiger partial charge in [0.1, 0.15) is 22.4 Å². The minimum Gasteiger partial charge on any atom is -0.481 e. The number of carbonyl (C=O) groups excluding carboxylic acids is 1. The molecule has 0 aromatic rings. The molecule has 0 aromatic carbocycles. The Balaban J connectivity index is 0.000000879. The van der Waals surface area contributed by atoms with E-state index in [2.05, 4.69) is 11.8 Å². The van der Waals surface area contributed by atoms with E-state index in [1.165, 1.54) is 0 Å². The number of piperidine rings is 2. The summed E-state index contributed by atoms with van der Waals surface area (Å²) >= 11 is 0. The number of aliphatic hydroxyl groups excluding tert-OH is 1. The summed E-state index contributed by atoms with van der Waals surface area (Å²) in [6, 6.07) is -0.387. The molecule has 14 atom stereocenters. The number of allylic oxidation sites excluding steroid dienone is 1. The minimum absolute atomic E-state index is 0.0606. The maximum atomic E-state index is 12.9. The van der Waals surface area contributed by atoms with Crippen LogP contribution in [0.15, 0.2) is 11.6 Å². The van der Waals surface area contributed by atoms with Crippen LogP contribution in [0.4, 0.5) is 0 Å². The molecular formula is C34H53NO11. The molecule has 0 aromatic heterocycles. The SMILES string of the molecule is C/C=C(/C)C(=O)O[C@H]1CC[C@@]2(C)C3CC[C@H]4[C@]5(O)C[C@H](O)[C@@]6(O)[C@@H](CN7C[C@@H](C)CC[C@H]7[C@@]6(C)O)[C@]5(O)C[C@@]42OC31O.CC(=O)O. The Bertz CT molecular complexity index is 1320. The Morgan fingerprint density at radius 3 is 2.17 bits per heavy atom. The number of fused-ring (bicyclic) bond motifs is 5. The molecule has 3 aliphatic heterocycles. The van der Waals surface area contributed by atoms with Crippen LogP contribution in [0.1, 0.15) is 92.9 Å². The van der Waals surface area contributed by atoms with Gasteiger partial charge < -0.3 is 45.2 Å². The molecule has 2 unspecified atom stereocenters. The van der Waals surface area contributed by atoms with E-state index in [-0.39, 0.29) is 25.4 Å². The molecule has 12 heteroatoms. The number of carbonyl (C=O) groups is 2. The molecule has 0 amide bonds. The average molecular weight is 652 g/mol. The van der Waals surface area contributed by atoms with Gasteiger partial charge in [-0.3, -0.25) is 9.69 Å². The first-order valence-electron chi connectivity index (χ1n) is 17.0. The van der Waals surface area contributed by atoms with Crippen molar-refractivity contribution in [1.82, 2.24) is 4.90 Å². The lowest BCUT2D eigenvalue weighted by Gasteiger charge is -2.68. The predicted molar refractivity (Wildman–Crippen MR) is 163 cm³/mol. The number of nitrogens with zero attached hydrogens (tertiary/aromatic N) is 1. The van der Waals surface area contributed by atoms with E-state index in [0.29, 0.717) is 50.1 Å². The van der Waals surface area contributed by atoms with Crippen LogP contribution in [-0.4, -0.2) is 118 Å². The second kappa shape index (κ2) is 10.4. The molecule has 1 spiro atoms. The van der Waals surface area contributed by atoms with Crippen LogP contribution in [0.25, 0.3) is 0 Å². The van der Waals surface area contributed by atoms with Gasteiger partial charge in [0.25, 0.3) is 5.97 Å². The number of hydrogen-bond donors (Lipinski definition) is 7. The fraction of sp³-hybridized carbons (Fsp3) is 0.882. The summed E-state index contributed by atoms with van der Waals surface area (Å²) in [5.74, 6) is -4.88. The maximum Gasteiger partial charge on any atom is 0.333 e. The molecule has 3 heterocycles. The molecule has 4 saturated carbocycles. The highest BCUT2D eigenvalue weighted by molar-refractivity contribution is 5.87. The first-order valence-corrected chi connectivity index (χ1v) is 17.0. The quantitative estimate of drug-likeness (QED) is 0.166. The number of hydrogen-bond acceptors (Lipinski definition) is 11. The van der Waals surface area contributed by atoms with Gasteiger partial charge in [-0.2, -0.15) is 0 Å². The summed E-state index contributed by atoms with van der Waals surface area (Å²) in [7, 11) is 0. The lowest BCUT2D eigenvalue weighted by molar-refractivity contribution is -0.354. The molecule has 12 nitrogen and oxygen atoms in total. The van der Waals surface area contributed by atoms with E-state index in [4.69, 9.17) is 19.4 Å². The Hall–Kier alpha value is -1.64. The third kappa shape index (κ3) is 4.01. The molecule has 4 aliphatic carbocycles. The fourth-order valence-corrected chi connectivity index (χ4v) is 11.8. The van der Waals surface area contributed by atoms with Crippen LogP contribution < -0.4 is 0 Å². The highest BCUT2D eigenvalue weighted by Crippen LogP contribution is 2.78. The third-order valence-corrected chi connectivity index (χ3v) is 14.1. The van der Waals surface area contributed by atoms with Crippen LogP contribution >= 0.6 is 0 Å². The van der Waals surface area contributed by atoms with E-state index in [1.807, 2.05) is 6.92 Å². The van der Waals surface area contributed by atoms with E-state index in [0.717, 1.165) is 13.3 Å². The number of carboxylic acid groups (broad SMARTS) is 1. The summed E-state index contributed by atoms with van der Waals surface area (Å²) in [5, 5.41) is 81.4. The average Bonchev–Trinajstić information content (AvgIpc) is 3.13. The van der Waals surface area contributed by atoms with Crippen LogP contribution in [0.2, 0.25) is 0 Å². The van der Waals surface area contributed by atoms with Crippen LogP contribution in [-0.2, 0) is 19.1 Å². The van der Waals surface area contributed by atoms with Crippen molar-refractivity contribution in [3.63, 3.8) is 0 Å². The van der Waals surface area contributed by atoms with Crippen molar-refractivity contribution >= 4 is 11.9 Å². The fourth-order valence-electron chi connectivity index (χ4n) is 11.8. The topological polar surface area (TPSA) is 197 Å². The van der Waals surface area contributed by atoms with E-state index in [1.54, 1.807) is 26.8 Å². The van der Waals surface area contributed by atoms with E-state index < -0.39 is 81.1 Å². The van der Waals surface area contributed by atoms with Gasteiger partial charge >= 0.3 is 5.97 Å². The molecule has 7 aliphatic rings. The largest absolute Gasteiger partial charge is 0.481 e. The Morgan fingerprint density at radius 1 is 0.913 bits per heavy atom. The predicted octanol–water partition coefficient (Wildman–Crippen LogP) is 1.08. The highest BCUT2D eigenvalue weighted by atomic mass is 16.7. The highest BCUT2D eigenvalue weighted by Gasteiger charge is 2.88. The zero-order chi connectivity index (χ0) is 34.0. The first kappa shape index (κ1) is 34.2. The van der Waals surface area contributed by atoms with Gasteiger partial charge in [0.05, 0.1) is 11.7 Å². The lowest BCUT2D eigenvalue weighted by atomic mass is 9.49. The van der Waals surface area contributed by atoms with Gasteiger partial charge in [-0.25, -0.2) is 4.79 Å². The van der Waals surface area contributed by atoms with Gasteiger partial charge in [-0.15, -0.1) is 0 Å². The van der Waals surface area contributed by atoms with Crippen LogP contribution in [0, 0.1) is 29.1 Å². The van der Waals surface area contributed by atoms with Crippen LogP contribution in [0.3, 0.4) is 0 Å². The molecule has 7 fully saturated rings. The normalized spacial score (nSPS) is 55.6. The standard InChI is InChI=1S/C32H49NO9.C2H4O2/c1-6-18(3)25(35)41-24-11-12-26(4)19-8-9-20-28(37)13-23(34)31(39)21(29(28,38)16-30(20,26)42-32(19,24)40)15-33-14-17(2)7-10-22(33)27(31,5)36;1-2(3)4/h6,17,19-24,34,36-40H,7-16H2,1-5H3;1H3,(H,3,4)/b18-6-;/t17-,19?,20-,21-,22-,23-,24-,26-,27+,28+,29+,30+,31-,32?;/m0./s1. The molecule has 46 heavy (non-hydrogen) atoms. The smallest absolute Gasteiger partial charge is 0.333 e. The zero-order valence-corrected chi connectivity index (χ0v) is 27.9. The Morgan fingerprint density at radius 2 is 1.54 bits per heavy atom. The summed E-state index contributed by atoms with van der Waals surface area (Å²) in [4.78, 5) is 23.9. The van der Waals surface area contributed by atoms with Crippen molar-refractivity contribution in [2.24, 2.45) is 29.1 Å².